The van der Waals surface area contributed by atoms with Crippen LogP contribution in [0.25, 0.3) is 0 Å². The summed E-state index contributed by atoms with van der Waals surface area (Å²) in [5.74, 6) is 0. The number of hydrogen-bond donors (Lipinski definition) is 1. The zero-order valence-electron chi connectivity index (χ0n) is 10.6. The Morgan fingerprint density at radius 1 is 1.41 bits per heavy atom. The van der Waals surface area contributed by atoms with Crippen molar-refractivity contribution in [3.8, 4) is 0 Å². The first kappa shape index (κ1) is 12.6. The third-order valence-electron chi connectivity index (χ3n) is 3.43. The van der Waals surface area contributed by atoms with Gasteiger partial charge in [0.2, 0.25) is 0 Å². The van der Waals surface area contributed by atoms with E-state index in [1.165, 1.54) is 11.1 Å². The van der Waals surface area contributed by atoms with E-state index in [-0.39, 0.29) is 0 Å². The summed E-state index contributed by atoms with van der Waals surface area (Å²) in [6.45, 7) is 6.61. The first-order chi connectivity index (χ1) is 8.33. The highest BCUT2D eigenvalue weighted by atomic mass is 16.5. The molecule has 0 bridgehead atoms. The van der Waals surface area contributed by atoms with Gasteiger partial charge in [-0.25, -0.2) is 0 Å². The minimum Gasteiger partial charge on any atom is -0.378 e. The van der Waals surface area contributed by atoms with Gasteiger partial charge in [-0.3, -0.25) is 4.90 Å². The van der Waals surface area contributed by atoms with Gasteiger partial charge < -0.3 is 10.5 Å². The number of nitrogens with two attached hydrogens (primary N) is 1. The van der Waals surface area contributed by atoms with Crippen LogP contribution < -0.4 is 5.73 Å². The summed E-state index contributed by atoms with van der Waals surface area (Å²) in [4.78, 5) is 2.51. The van der Waals surface area contributed by atoms with E-state index in [9.17, 15) is 0 Å². The van der Waals surface area contributed by atoms with Crippen molar-refractivity contribution >= 4 is 0 Å². The van der Waals surface area contributed by atoms with Crippen LogP contribution in [-0.4, -0.2) is 30.7 Å². The van der Waals surface area contributed by atoms with E-state index in [1.54, 1.807) is 0 Å². The molecule has 2 N–H and O–H groups in total. The number of ether oxygens (including phenoxy) is 1. The van der Waals surface area contributed by atoms with Crippen LogP contribution in [-0.2, 0) is 17.8 Å². The smallest absolute Gasteiger partial charge is 0.0622 e. The number of nitrogens with zero attached hydrogens (tertiary/aromatic N) is 1. The van der Waals surface area contributed by atoms with Gasteiger partial charge in [0.1, 0.15) is 0 Å². The molecule has 3 heteroatoms. The second kappa shape index (κ2) is 6.15. The van der Waals surface area contributed by atoms with E-state index in [0.717, 1.165) is 32.7 Å². The van der Waals surface area contributed by atoms with Crippen LogP contribution in [0.2, 0.25) is 0 Å². The molecule has 1 aliphatic rings. The maximum Gasteiger partial charge on any atom is 0.0622 e. The highest BCUT2D eigenvalue weighted by Crippen LogP contribution is 2.15. The SMILES string of the molecule is CCC1COCCN1Cc1cccc(CN)c1. The first-order valence-corrected chi connectivity index (χ1v) is 6.43. The lowest BCUT2D eigenvalue weighted by Gasteiger charge is -2.35. The zero-order valence-corrected chi connectivity index (χ0v) is 10.6. The van der Waals surface area contributed by atoms with Gasteiger partial charge in [-0.05, 0) is 17.5 Å². The van der Waals surface area contributed by atoms with Crippen molar-refractivity contribution in [1.29, 1.82) is 0 Å². The lowest BCUT2D eigenvalue weighted by Crippen LogP contribution is -2.44. The van der Waals surface area contributed by atoms with Gasteiger partial charge in [0.25, 0.3) is 0 Å². The maximum atomic E-state index is 5.67. The summed E-state index contributed by atoms with van der Waals surface area (Å²) in [6.07, 6.45) is 1.15. The standard InChI is InChI=1S/C14H22N2O/c1-2-14-11-17-7-6-16(14)10-13-5-3-4-12(8-13)9-15/h3-5,8,14H,2,6-7,9-11,15H2,1H3. The first-order valence-electron chi connectivity index (χ1n) is 6.43. The highest BCUT2D eigenvalue weighted by molar-refractivity contribution is 5.23. The summed E-state index contributed by atoms with van der Waals surface area (Å²) in [6, 6.07) is 9.13. The summed E-state index contributed by atoms with van der Waals surface area (Å²) in [5, 5.41) is 0. The van der Waals surface area contributed by atoms with Crippen LogP contribution in [0, 0.1) is 0 Å². The molecule has 0 aliphatic carbocycles. The van der Waals surface area contributed by atoms with E-state index in [2.05, 4.69) is 36.1 Å². The van der Waals surface area contributed by atoms with E-state index in [1.807, 2.05) is 0 Å². The molecule has 17 heavy (non-hydrogen) atoms. The van der Waals surface area contributed by atoms with Crippen LogP contribution >= 0.6 is 0 Å². The number of hydrogen-bond acceptors (Lipinski definition) is 3. The van der Waals surface area contributed by atoms with Gasteiger partial charge in [-0.2, -0.15) is 0 Å². The topological polar surface area (TPSA) is 38.5 Å². The van der Waals surface area contributed by atoms with Crippen molar-refractivity contribution in [3.05, 3.63) is 35.4 Å². The minimum absolute atomic E-state index is 0.560. The van der Waals surface area contributed by atoms with E-state index >= 15 is 0 Å². The molecule has 0 amide bonds. The van der Waals surface area contributed by atoms with Gasteiger partial charge in [0.05, 0.1) is 13.2 Å². The van der Waals surface area contributed by atoms with Crippen molar-refractivity contribution in [2.75, 3.05) is 19.8 Å². The highest BCUT2D eigenvalue weighted by Gasteiger charge is 2.21. The average Bonchev–Trinajstić information content (AvgIpc) is 2.39. The predicted octanol–water partition coefficient (Wildman–Crippen LogP) is 1.76. The Morgan fingerprint density at radius 2 is 2.24 bits per heavy atom. The molecule has 1 saturated heterocycles. The molecular formula is C14H22N2O. The average molecular weight is 234 g/mol. The van der Waals surface area contributed by atoms with Gasteiger partial charge >= 0.3 is 0 Å². The second-order valence-electron chi connectivity index (χ2n) is 4.63. The van der Waals surface area contributed by atoms with Crippen LogP contribution in [0.1, 0.15) is 24.5 Å². The summed E-state index contributed by atoms with van der Waals surface area (Å²) in [5.41, 5.74) is 8.24. The number of benzene rings is 1. The van der Waals surface area contributed by atoms with Crippen LogP contribution in [0.15, 0.2) is 24.3 Å². The quantitative estimate of drug-likeness (QED) is 0.862. The van der Waals surface area contributed by atoms with Crippen LogP contribution in [0.5, 0.6) is 0 Å². The molecule has 94 valence electrons. The monoisotopic (exact) mass is 234 g/mol. The molecule has 1 heterocycles. The molecule has 1 aromatic carbocycles. The Morgan fingerprint density at radius 3 is 3.00 bits per heavy atom. The van der Waals surface area contributed by atoms with Crippen molar-refractivity contribution in [2.45, 2.75) is 32.5 Å². The number of rotatable bonds is 4. The Kier molecular flexibility index (Phi) is 4.54. The van der Waals surface area contributed by atoms with Crippen molar-refractivity contribution in [2.24, 2.45) is 5.73 Å². The second-order valence-corrected chi connectivity index (χ2v) is 4.63. The molecule has 0 aromatic heterocycles. The summed E-state index contributed by atoms with van der Waals surface area (Å²) >= 11 is 0. The fraction of sp³-hybridized carbons (Fsp3) is 0.571. The van der Waals surface area contributed by atoms with Crippen molar-refractivity contribution in [1.82, 2.24) is 4.90 Å². The van der Waals surface area contributed by atoms with Gasteiger partial charge in [0.15, 0.2) is 0 Å². The third-order valence-corrected chi connectivity index (χ3v) is 3.43. The van der Waals surface area contributed by atoms with Crippen molar-refractivity contribution in [3.63, 3.8) is 0 Å². The Hall–Kier alpha value is -0.900. The van der Waals surface area contributed by atoms with E-state index in [4.69, 9.17) is 10.5 Å². The molecule has 1 atom stereocenters. The maximum absolute atomic E-state index is 5.67. The molecule has 1 fully saturated rings. The molecule has 1 aliphatic heterocycles. The van der Waals surface area contributed by atoms with Gasteiger partial charge in [0, 0.05) is 25.7 Å². The molecule has 0 spiro atoms. The minimum atomic E-state index is 0.560. The molecule has 3 nitrogen and oxygen atoms in total. The third kappa shape index (κ3) is 3.28. The number of morpholine rings is 1. The normalized spacial score (nSPS) is 21.6. The lowest BCUT2D eigenvalue weighted by atomic mass is 10.1. The molecule has 0 radical (unpaired) electrons. The van der Waals surface area contributed by atoms with Gasteiger partial charge in [-0.15, -0.1) is 0 Å². The lowest BCUT2D eigenvalue weighted by molar-refractivity contribution is -0.0127. The van der Waals surface area contributed by atoms with Crippen molar-refractivity contribution < 1.29 is 4.74 Å². The zero-order chi connectivity index (χ0) is 12.1. The van der Waals surface area contributed by atoms with Crippen LogP contribution in [0.3, 0.4) is 0 Å². The fourth-order valence-electron chi connectivity index (χ4n) is 2.36. The summed E-state index contributed by atoms with van der Waals surface area (Å²) in [7, 11) is 0. The van der Waals surface area contributed by atoms with Gasteiger partial charge in [-0.1, -0.05) is 31.2 Å². The van der Waals surface area contributed by atoms with E-state index < -0.39 is 0 Å². The molecule has 1 unspecified atom stereocenters. The Balaban J connectivity index is 2.02. The molecule has 1 aromatic rings. The molecular weight excluding hydrogens is 212 g/mol. The molecule has 2 rings (SSSR count). The predicted molar refractivity (Wildman–Crippen MR) is 69.6 cm³/mol. The Bertz CT molecular complexity index is 354. The molecule has 0 saturated carbocycles. The largest absolute Gasteiger partial charge is 0.378 e. The summed E-state index contributed by atoms with van der Waals surface area (Å²) < 4.78 is 5.52. The fourth-order valence-corrected chi connectivity index (χ4v) is 2.36. The van der Waals surface area contributed by atoms with E-state index in [0.29, 0.717) is 12.6 Å². The Labute approximate surface area is 104 Å². The van der Waals surface area contributed by atoms with Crippen LogP contribution in [0.4, 0.5) is 0 Å².